The van der Waals surface area contributed by atoms with E-state index in [-0.39, 0.29) is 46.5 Å². The number of Topliss-reactive ketones (excluding diaryl/α,β-unsaturated/α-hetero) is 1. The van der Waals surface area contributed by atoms with Crippen molar-refractivity contribution in [3.8, 4) is 5.75 Å². The van der Waals surface area contributed by atoms with Gasteiger partial charge in [-0.3, -0.25) is 19.0 Å². The zero-order valence-electron chi connectivity index (χ0n) is 19.4. The average Bonchev–Trinajstić information content (AvgIpc) is 3.17. The van der Waals surface area contributed by atoms with Gasteiger partial charge in [0.15, 0.2) is 5.78 Å². The predicted octanol–water partition coefficient (Wildman–Crippen LogP) is 1.77. The minimum Gasteiger partial charge on any atom is -0.497 e. The van der Waals surface area contributed by atoms with Crippen LogP contribution in [0, 0.1) is 0 Å². The Bertz CT molecular complexity index is 1530. The van der Waals surface area contributed by atoms with Crippen molar-refractivity contribution in [3.05, 3.63) is 74.4 Å². The van der Waals surface area contributed by atoms with Crippen molar-refractivity contribution in [2.75, 3.05) is 7.11 Å². The lowest BCUT2D eigenvalue weighted by atomic mass is 10.1. The van der Waals surface area contributed by atoms with E-state index in [1.807, 2.05) is 13.8 Å². The second-order valence-electron chi connectivity index (χ2n) is 8.11. The van der Waals surface area contributed by atoms with Gasteiger partial charge in [0.05, 0.1) is 18.0 Å². The highest BCUT2D eigenvalue weighted by Gasteiger charge is 2.19. The van der Waals surface area contributed by atoms with Gasteiger partial charge >= 0.3 is 5.69 Å². The number of rotatable bonds is 7. The number of aryl methyl sites for hydroxylation is 1. The number of fused-ring (bicyclic) bond motifs is 3. The van der Waals surface area contributed by atoms with Gasteiger partial charge in [0.2, 0.25) is 5.78 Å². The van der Waals surface area contributed by atoms with Crippen LogP contribution < -0.4 is 21.3 Å². The Morgan fingerprint density at radius 2 is 1.76 bits per heavy atom. The first-order chi connectivity index (χ1) is 16.2. The van der Waals surface area contributed by atoms with Gasteiger partial charge in [0.1, 0.15) is 12.3 Å². The maximum Gasteiger partial charge on any atom is 0.352 e. The SMILES string of the molecule is CCC(C)NC(=O)c1ccc2c(=O)n(C)c3nn(CC(=O)c4ccc(OC)cc4)c(=O)n3c2c1. The molecule has 0 saturated carbocycles. The molecule has 4 rings (SSSR count). The molecule has 0 aliphatic heterocycles. The number of nitrogens with one attached hydrogen (secondary N) is 1. The molecule has 1 unspecified atom stereocenters. The lowest BCUT2D eigenvalue weighted by Gasteiger charge is -2.12. The molecular weight excluding hydrogens is 438 g/mol. The third-order valence-corrected chi connectivity index (χ3v) is 5.85. The number of aromatic nitrogens is 4. The predicted molar refractivity (Wildman–Crippen MR) is 127 cm³/mol. The molecule has 1 amide bonds. The highest BCUT2D eigenvalue weighted by atomic mass is 16.5. The number of amides is 1. The highest BCUT2D eigenvalue weighted by Crippen LogP contribution is 2.15. The van der Waals surface area contributed by atoms with E-state index in [9.17, 15) is 19.2 Å². The molecule has 34 heavy (non-hydrogen) atoms. The molecule has 0 saturated heterocycles. The van der Waals surface area contributed by atoms with Crippen LogP contribution in [0.3, 0.4) is 0 Å². The Hall–Kier alpha value is -4.21. The van der Waals surface area contributed by atoms with E-state index in [0.29, 0.717) is 16.9 Å². The molecule has 176 valence electrons. The van der Waals surface area contributed by atoms with Gasteiger partial charge in [-0.15, -0.1) is 5.10 Å². The standard InChI is InChI=1S/C24H25N5O5/c1-5-14(2)25-21(31)16-8-11-18-19(12-16)29-23(27(3)22(18)32)26-28(24(29)33)13-20(30)15-6-9-17(34-4)10-7-15/h6-12,14H,5,13H2,1-4H3,(H,25,31). The van der Waals surface area contributed by atoms with Crippen molar-refractivity contribution in [2.45, 2.75) is 32.9 Å². The number of carbonyl (C=O) groups excluding carboxylic acids is 2. The number of hydrogen-bond donors (Lipinski definition) is 1. The number of methoxy groups -OCH3 is 1. The molecule has 0 radical (unpaired) electrons. The van der Waals surface area contributed by atoms with E-state index in [2.05, 4.69) is 10.4 Å². The summed E-state index contributed by atoms with van der Waals surface area (Å²) in [4.78, 5) is 51.5. The molecule has 2 heterocycles. The molecule has 2 aromatic heterocycles. The summed E-state index contributed by atoms with van der Waals surface area (Å²) in [5.74, 6) is 0.0527. The maximum atomic E-state index is 13.3. The van der Waals surface area contributed by atoms with Crippen LogP contribution in [0.15, 0.2) is 52.1 Å². The van der Waals surface area contributed by atoms with E-state index < -0.39 is 5.69 Å². The summed E-state index contributed by atoms with van der Waals surface area (Å²) in [5.41, 5.74) is 0.0128. The second-order valence-corrected chi connectivity index (χ2v) is 8.11. The molecule has 1 N–H and O–H groups in total. The Kier molecular flexibility index (Phi) is 6.06. The van der Waals surface area contributed by atoms with Gasteiger partial charge in [-0.25, -0.2) is 13.9 Å². The van der Waals surface area contributed by atoms with Gasteiger partial charge in [-0.05, 0) is 55.8 Å². The van der Waals surface area contributed by atoms with Crippen LogP contribution in [0.4, 0.5) is 0 Å². The summed E-state index contributed by atoms with van der Waals surface area (Å²) in [6.45, 7) is 3.54. The van der Waals surface area contributed by atoms with Crippen LogP contribution in [0.5, 0.6) is 5.75 Å². The normalized spacial score (nSPS) is 12.1. The largest absolute Gasteiger partial charge is 0.497 e. The van der Waals surface area contributed by atoms with E-state index in [0.717, 1.165) is 11.1 Å². The van der Waals surface area contributed by atoms with Crippen molar-refractivity contribution >= 4 is 28.4 Å². The molecule has 0 aliphatic carbocycles. The average molecular weight is 463 g/mol. The van der Waals surface area contributed by atoms with Crippen LogP contribution in [-0.4, -0.2) is 43.6 Å². The smallest absolute Gasteiger partial charge is 0.352 e. The van der Waals surface area contributed by atoms with E-state index >= 15 is 0 Å². The molecule has 10 nitrogen and oxygen atoms in total. The molecular formula is C24H25N5O5. The van der Waals surface area contributed by atoms with Gasteiger partial charge in [0.25, 0.3) is 11.5 Å². The zero-order chi connectivity index (χ0) is 24.6. The number of carbonyl (C=O) groups is 2. The van der Waals surface area contributed by atoms with Crippen molar-refractivity contribution in [1.82, 2.24) is 24.1 Å². The Balaban J connectivity index is 1.81. The van der Waals surface area contributed by atoms with E-state index in [1.165, 1.54) is 35.3 Å². The van der Waals surface area contributed by atoms with E-state index in [1.54, 1.807) is 30.3 Å². The van der Waals surface area contributed by atoms with Gasteiger partial charge in [-0.1, -0.05) is 6.92 Å². The van der Waals surface area contributed by atoms with Crippen molar-refractivity contribution in [2.24, 2.45) is 7.05 Å². The summed E-state index contributed by atoms with van der Waals surface area (Å²) < 4.78 is 8.62. The lowest BCUT2D eigenvalue weighted by Crippen LogP contribution is -2.32. The number of hydrogen-bond acceptors (Lipinski definition) is 6. The van der Waals surface area contributed by atoms with Crippen LogP contribution in [-0.2, 0) is 13.6 Å². The summed E-state index contributed by atoms with van der Waals surface area (Å²) in [5, 5.41) is 7.38. The molecule has 0 fully saturated rings. The van der Waals surface area contributed by atoms with Gasteiger partial charge in [0, 0.05) is 24.2 Å². The molecule has 0 bridgehead atoms. The number of ketones is 1. The van der Waals surface area contributed by atoms with Gasteiger partial charge < -0.3 is 10.1 Å². The fourth-order valence-electron chi connectivity index (χ4n) is 3.65. The van der Waals surface area contributed by atoms with Crippen LogP contribution >= 0.6 is 0 Å². The van der Waals surface area contributed by atoms with Crippen molar-refractivity contribution in [3.63, 3.8) is 0 Å². The fourth-order valence-corrected chi connectivity index (χ4v) is 3.65. The first kappa shape index (κ1) is 23.0. The van der Waals surface area contributed by atoms with Crippen LogP contribution in [0.25, 0.3) is 16.7 Å². The van der Waals surface area contributed by atoms with Crippen LogP contribution in [0.2, 0.25) is 0 Å². The highest BCUT2D eigenvalue weighted by molar-refractivity contribution is 5.98. The Labute approximate surface area is 194 Å². The summed E-state index contributed by atoms with van der Waals surface area (Å²) in [6, 6.07) is 11.1. The monoisotopic (exact) mass is 463 g/mol. The number of benzene rings is 2. The zero-order valence-corrected chi connectivity index (χ0v) is 19.4. The van der Waals surface area contributed by atoms with Crippen molar-refractivity contribution in [1.29, 1.82) is 0 Å². The summed E-state index contributed by atoms with van der Waals surface area (Å²) in [6.07, 6.45) is 0.762. The first-order valence-corrected chi connectivity index (χ1v) is 10.9. The second kappa shape index (κ2) is 8.97. The van der Waals surface area contributed by atoms with E-state index in [4.69, 9.17) is 4.74 Å². The molecule has 0 spiro atoms. The minimum absolute atomic E-state index is 0.0266. The molecule has 4 aromatic rings. The summed E-state index contributed by atoms with van der Waals surface area (Å²) in [7, 11) is 3.03. The van der Waals surface area contributed by atoms with Gasteiger partial charge in [-0.2, -0.15) is 0 Å². The summed E-state index contributed by atoms with van der Waals surface area (Å²) >= 11 is 0. The maximum absolute atomic E-state index is 13.3. The molecule has 2 aromatic carbocycles. The Morgan fingerprint density at radius 1 is 1.09 bits per heavy atom. The number of nitrogens with zero attached hydrogens (tertiary/aromatic N) is 4. The lowest BCUT2D eigenvalue weighted by molar-refractivity contribution is 0.0937. The Morgan fingerprint density at radius 3 is 2.41 bits per heavy atom. The number of ether oxygens (including phenoxy) is 1. The third-order valence-electron chi connectivity index (χ3n) is 5.85. The van der Waals surface area contributed by atoms with Crippen molar-refractivity contribution < 1.29 is 14.3 Å². The van der Waals surface area contributed by atoms with Crippen LogP contribution in [0.1, 0.15) is 41.0 Å². The molecule has 10 heteroatoms. The molecule has 0 aliphatic rings. The fraction of sp³-hybridized carbons (Fsp3) is 0.292. The molecule has 1 atom stereocenters. The first-order valence-electron chi connectivity index (χ1n) is 10.9. The topological polar surface area (TPSA) is 117 Å². The quantitative estimate of drug-likeness (QED) is 0.418. The minimum atomic E-state index is -0.586. The third kappa shape index (κ3) is 3.98.